The molecule has 4 amide bonds. The Hall–Kier alpha value is -2.77. The number of nitrogens with zero attached hydrogens (tertiary/aromatic N) is 1. The normalized spacial score (nSPS) is 17.0. The smallest absolute Gasteiger partial charge is 0.318 e. The molecule has 1 aliphatic heterocycles. The molecule has 2 rings (SSSR count). The van der Waals surface area contributed by atoms with E-state index in [9.17, 15) is 14.4 Å². The zero-order chi connectivity index (χ0) is 17.5. The van der Waals surface area contributed by atoms with Gasteiger partial charge in [-0.05, 0) is 6.07 Å². The monoisotopic (exact) mass is 334 g/mol. The first-order valence-corrected chi connectivity index (χ1v) is 7.71. The number of nitrogens with one attached hydrogen (secondary N) is 3. The molecule has 0 spiro atoms. The van der Waals surface area contributed by atoms with Crippen molar-refractivity contribution in [2.45, 2.75) is 19.0 Å². The molecule has 1 atom stereocenters. The maximum Gasteiger partial charge on any atom is 0.318 e. The summed E-state index contributed by atoms with van der Waals surface area (Å²) in [6.07, 6.45) is -0.0651. The van der Waals surface area contributed by atoms with Crippen molar-refractivity contribution in [3.63, 3.8) is 0 Å². The summed E-state index contributed by atoms with van der Waals surface area (Å²) in [6, 6.07) is 6.17. The zero-order valence-electron chi connectivity index (χ0n) is 13.8. The van der Waals surface area contributed by atoms with Gasteiger partial charge in [-0.3, -0.25) is 9.59 Å². The summed E-state index contributed by atoms with van der Waals surface area (Å²) in [5.41, 5.74) is 0.831. The van der Waals surface area contributed by atoms with E-state index < -0.39 is 6.04 Å². The van der Waals surface area contributed by atoms with Crippen LogP contribution in [0.2, 0.25) is 0 Å². The van der Waals surface area contributed by atoms with Crippen LogP contribution in [0.15, 0.2) is 24.3 Å². The molecular weight excluding hydrogens is 312 g/mol. The lowest BCUT2D eigenvalue weighted by molar-refractivity contribution is -0.132. The minimum atomic E-state index is -0.809. The topological polar surface area (TPSA) is 99.8 Å². The molecule has 0 bridgehead atoms. The first-order chi connectivity index (χ1) is 11.6. The molecule has 1 unspecified atom stereocenters. The number of hydrogen-bond donors (Lipinski definition) is 3. The predicted molar refractivity (Wildman–Crippen MR) is 87.4 cm³/mol. The molecule has 0 radical (unpaired) electrons. The van der Waals surface area contributed by atoms with E-state index in [1.54, 1.807) is 7.11 Å². The average molecular weight is 334 g/mol. The number of benzene rings is 1. The van der Waals surface area contributed by atoms with Gasteiger partial charge in [0.15, 0.2) is 0 Å². The third kappa shape index (κ3) is 4.15. The van der Waals surface area contributed by atoms with Crippen molar-refractivity contribution in [1.82, 2.24) is 20.9 Å². The second kappa shape index (κ2) is 8.19. The zero-order valence-corrected chi connectivity index (χ0v) is 13.8. The van der Waals surface area contributed by atoms with E-state index >= 15 is 0 Å². The van der Waals surface area contributed by atoms with Crippen LogP contribution in [0, 0.1) is 0 Å². The predicted octanol–water partition coefficient (Wildman–Crippen LogP) is -0.159. The summed E-state index contributed by atoms with van der Waals surface area (Å²) in [5.74, 6) is 0.0629. The van der Waals surface area contributed by atoms with E-state index in [0.29, 0.717) is 18.8 Å². The molecule has 1 aliphatic rings. The van der Waals surface area contributed by atoms with Gasteiger partial charge in [0.2, 0.25) is 11.8 Å². The number of piperazine rings is 1. The Bertz CT molecular complexity index is 620. The van der Waals surface area contributed by atoms with Gasteiger partial charge in [-0.1, -0.05) is 18.2 Å². The molecule has 1 aromatic rings. The van der Waals surface area contributed by atoms with Crippen molar-refractivity contribution in [3.05, 3.63) is 29.8 Å². The van der Waals surface area contributed by atoms with E-state index in [-0.39, 0.29) is 30.8 Å². The van der Waals surface area contributed by atoms with Gasteiger partial charge in [0.25, 0.3) is 0 Å². The van der Waals surface area contributed by atoms with Crippen LogP contribution >= 0.6 is 0 Å². The van der Waals surface area contributed by atoms with Crippen molar-refractivity contribution >= 4 is 17.8 Å². The summed E-state index contributed by atoms with van der Waals surface area (Å²) in [4.78, 5) is 37.4. The van der Waals surface area contributed by atoms with Gasteiger partial charge >= 0.3 is 6.03 Å². The van der Waals surface area contributed by atoms with E-state index in [1.165, 1.54) is 11.9 Å². The molecule has 24 heavy (non-hydrogen) atoms. The summed E-state index contributed by atoms with van der Waals surface area (Å²) in [6.45, 7) is 0.990. The highest BCUT2D eigenvalue weighted by atomic mass is 16.5. The van der Waals surface area contributed by atoms with Crippen LogP contribution in [-0.4, -0.2) is 56.0 Å². The van der Waals surface area contributed by atoms with Crippen molar-refractivity contribution in [2.75, 3.05) is 27.2 Å². The number of amides is 4. The number of carbonyl (C=O) groups is 3. The Morgan fingerprint density at radius 3 is 2.83 bits per heavy atom. The number of rotatable bonds is 5. The Labute approximate surface area is 140 Å². The van der Waals surface area contributed by atoms with Crippen molar-refractivity contribution in [3.8, 4) is 5.75 Å². The number of urea groups is 1. The molecule has 1 saturated heterocycles. The Kier molecular flexibility index (Phi) is 6.00. The lowest BCUT2D eigenvalue weighted by Crippen LogP contribution is -2.60. The average Bonchev–Trinajstić information content (AvgIpc) is 2.61. The second-order valence-electron chi connectivity index (χ2n) is 5.35. The highest BCUT2D eigenvalue weighted by Gasteiger charge is 2.34. The van der Waals surface area contributed by atoms with Gasteiger partial charge in [-0.25, -0.2) is 4.79 Å². The molecule has 8 heteroatoms. The van der Waals surface area contributed by atoms with Gasteiger partial charge < -0.3 is 25.6 Å². The minimum absolute atomic E-state index is 0.0651. The SMILES string of the molecule is CNC(=O)CC1C(=O)NCCN1C(=O)NCc1ccccc1OC. The van der Waals surface area contributed by atoms with Crippen molar-refractivity contribution in [2.24, 2.45) is 0 Å². The van der Waals surface area contributed by atoms with Crippen LogP contribution in [0.1, 0.15) is 12.0 Å². The number of para-hydroxylation sites is 1. The number of carbonyl (C=O) groups excluding carboxylic acids is 3. The number of hydrogen-bond acceptors (Lipinski definition) is 4. The summed E-state index contributed by atoms with van der Waals surface area (Å²) >= 11 is 0. The number of methoxy groups -OCH3 is 1. The summed E-state index contributed by atoms with van der Waals surface area (Å²) < 4.78 is 5.25. The molecular formula is C16H22N4O4. The van der Waals surface area contributed by atoms with Gasteiger partial charge in [-0.15, -0.1) is 0 Å². The van der Waals surface area contributed by atoms with Gasteiger partial charge in [-0.2, -0.15) is 0 Å². The van der Waals surface area contributed by atoms with E-state index in [0.717, 1.165) is 5.56 Å². The minimum Gasteiger partial charge on any atom is -0.496 e. The largest absolute Gasteiger partial charge is 0.496 e. The van der Waals surface area contributed by atoms with Crippen LogP contribution in [-0.2, 0) is 16.1 Å². The first kappa shape index (κ1) is 17.6. The lowest BCUT2D eigenvalue weighted by Gasteiger charge is -2.34. The highest BCUT2D eigenvalue weighted by molar-refractivity contribution is 5.92. The summed E-state index contributed by atoms with van der Waals surface area (Å²) in [7, 11) is 3.06. The molecule has 1 aromatic carbocycles. The first-order valence-electron chi connectivity index (χ1n) is 7.71. The molecule has 0 aromatic heterocycles. The quantitative estimate of drug-likeness (QED) is 0.697. The Morgan fingerprint density at radius 2 is 2.12 bits per heavy atom. The molecule has 1 fully saturated rings. The van der Waals surface area contributed by atoms with E-state index in [2.05, 4.69) is 16.0 Å². The van der Waals surface area contributed by atoms with Gasteiger partial charge in [0.05, 0.1) is 13.5 Å². The fourth-order valence-electron chi connectivity index (χ4n) is 2.56. The summed E-state index contributed by atoms with van der Waals surface area (Å²) in [5, 5.41) is 7.93. The lowest BCUT2D eigenvalue weighted by atomic mass is 10.1. The van der Waals surface area contributed by atoms with Crippen molar-refractivity contribution < 1.29 is 19.1 Å². The molecule has 3 N–H and O–H groups in total. The van der Waals surface area contributed by atoms with Gasteiger partial charge in [0.1, 0.15) is 11.8 Å². The van der Waals surface area contributed by atoms with Crippen LogP contribution < -0.4 is 20.7 Å². The Morgan fingerprint density at radius 1 is 1.38 bits per heavy atom. The maximum atomic E-state index is 12.5. The Balaban J connectivity index is 2.03. The van der Waals surface area contributed by atoms with Crippen molar-refractivity contribution in [1.29, 1.82) is 0 Å². The fraction of sp³-hybridized carbons (Fsp3) is 0.438. The van der Waals surface area contributed by atoms with Crippen LogP contribution in [0.25, 0.3) is 0 Å². The highest BCUT2D eigenvalue weighted by Crippen LogP contribution is 2.17. The third-order valence-electron chi connectivity index (χ3n) is 3.87. The maximum absolute atomic E-state index is 12.5. The number of ether oxygens (including phenoxy) is 1. The van der Waals surface area contributed by atoms with Crippen LogP contribution in [0.5, 0.6) is 5.75 Å². The van der Waals surface area contributed by atoms with Crippen LogP contribution in [0.4, 0.5) is 4.79 Å². The second-order valence-corrected chi connectivity index (χ2v) is 5.35. The van der Waals surface area contributed by atoms with E-state index in [4.69, 9.17) is 4.74 Å². The van der Waals surface area contributed by atoms with Crippen LogP contribution in [0.3, 0.4) is 0 Å². The molecule has 130 valence electrons. The molecule has 8 nitrogen and oxygen atoms in total. The third-order valence-corrected chi connectivity index (χ3v) is 3.87. The molecule has 1 heterocycles. The molecule has 0 saturated carbocycles. The standard InChI is InChI=1S/C16H22N4O4/c1-17-14(21)9-12-15(22)18-7-8-20(12)16(23)19-10-11-5-3-4-6-13(11)24-2/h3-6,12H,7-10H2,1-2H3,(H,17,21)(H,18,22)(H,19,23). The fourth-order valence-corrected chi connectivity index (χ4v) is 2.56. The molecule has 0 aliphatic carbocycles. The van der Waals surface area contributed by atoms with Gasteiger partial charge in [0, 0.05) is 32.2 Å². The van der Waals surface area contributed by atoms with E-state index in [1.807, 2.05) is 24.3 Å².